The molecule has 0 aliphatic heterocycles. The Kier molecular flexibility index (Phi) is 9.87. The van der Waals surface area contributed by atoms with E-state index in [1.807, 2.05) is 49.5 Å². The molecule has 0 fully saturated rings. The third-order valence-corrected chi connectivity index (χ3v) is 4.21. The van der Waals surface area contributed by atoms with Gasteiger partial charge in [0.2, 0.25) is 0 Å². The number of rotatable bonds is 13. The molecule has 0 bridgehead atoms. The molecule has 1 atom stereocenters. The standard InChI is InChI=1S/C22H32N2O3/c1-24(16-20-7-4-3-5-8-20)17-21(25)18-27-22-11-9-19(10-12-22)15-23-13-6-14-26-2/h3-5,7-12,21,23,25H,6,13-18H2,1-2H3/t21-/m1/s1. The number of aliphatic hydroxyl groups is 1. The smallest absolute Gasteiger partial charge is 0.119 e. The van der Waals surface area contributed by atoms with Crippen LogP contribution in [0.1, 0.15) is 17.5 Å². The Morgan fingerprint density at radius 2 is 1.78 bits per heavy atom. The summed E-state index contributed by atoms with van der Waals surface area (Å²) in [6.45, 7) is 4.21. The second-order valence-corrected chi connectivity index (χ2v) is 6.81. The van der Waals surface area contributed by atoms with Crippen molar-refractivity contribution < 1.29 is 14.6 Å². The molecule has 0 radical (unpaired) electrons. The third-order valence-electron chi connectivity index (χ3n) is 4.21. The van der Waals surface area contributed by atoms with Crippen LogP contribution < -0.4 is 10.1 Å². The average Bonchev–Trinajstić information content (AvgIpc) is 2.68. The number of hydrogen-bond donors (Lipinski definition) is 2. The molecule has 0 saturated carbocycles. The number of likely N-dealkylation sites (N-methyl/N-ethyl adjacent to an activating group) is 1. The number of hydrogen-bond acceptors (Lipinski definition) is 5. The van der Waals surface area contributed by atoms with Crippen LogP contribution in [0, 0.1) is 0 Å². The summed E-state index contributed by atoms with van der Waals surface area (Å²) in [5.74, 6) is 0.780. The molecule has 2 aromatic carbocycles. The molecule has 5 nitrogen and oxygen atoms in total. The van der Waals surface area contributed by atoms with Gasteiger partial charge in [-0.25, -0.2) is 0 Å². The fourth-order valence-corrected chi connectivity index (χ4v) is 2.84. The van der Waals surface area contributed by atoms with Crippen LogP contribution >= 0.6 is 0 Å². The highest BCUT2D eigenvalue weighted by Gasteiger charge is 2.09. The molecular weight excluding hydrogens is 340 g/mol. The first-order chi connectivity index (χ1) is 13.2. The molecule has 2 aromatic rings. The summed E-state index contributed by atoms with van der Waals surface area (Å²) in [5.41, 5.74) is 2.45. The van der Waals surface area contributed by atoms with Gasteiger partial charge in [-0.1, -0.05) is 42.5 Å². The van der Waals surface area contributed by atoms with Crippen LogP contribution in [0.3, 0.4) is 0 Å². The maximum Gasteiger partial charge on any atom is 0.119 e. The van der Waals surface area contributed by atoms with Gasteiger partial charge in [-0.05, 0) is 43.3 Å². The van der Waals surface area contributed by atoms with Crippen LogP contribution in [0.2, 0.25) is 0 Å². The molecule has 2 N–H and O–H groups in total. The van der Waals surface area contributed by atoms with E-state index in [4.69, 9.17) is 9.47 Å². The quantitative estimate of drug-likeness (QED) is 0.530. The van der Waals surface area contributed by atoms with Crippen molar-refractivity contribution in [3.8, 4) is 5.75 Å². The maximum atomic E-state index is 10.2. The second-order valence-electron chi connectivity index (χ2n) is 6.81. The minimum atomic E-state index is -0.527. The Balaban J connectivity index is 1.65. The van der Waals surface area contributed by atoms with E-state index in [1.165, 1.54) is 11.1 Å². The summed E-state index contributed by atoms with van der Waals surface area (Å²) >= 11 is 0. The molecule has 27 heavy (non-hydrogen) atoms. The third kappa shape index (κ3) is 9.02. The lowest BCUT2D eigenvalue weighted by Gasteiger charge is -2.21. The summed E-state index contributed by atoms with van der Waals surface area (Å²) in [4.78, 5) is 2.10. The lowest BCUT2D eigenvalue weighted by molar-refractivity contribution is 0.0744. The van der Waals surface area contributed by atoms with Crippen molar-refractivity contribution in [3.63, 3.8) is 0 Å². The van der Waals surface area contributed by atoms with Crippen molar-refractivity contribution in [1.82, 2.24) is 10.2 Å². The van der Waals surface area contributed by atoms with Gasteiger partial charge in [0.1, 0.15) is 18.5 Å². The van der Waals surface area contributed by atoms with Crippen LogP contribution in [0.4, 0.5) is 0 Å². The van der Waals surface area contributed by atoms with E-state index in [0.717, 1.165) is 38.4 Å². The highest BCUT2D eigenvalue weighted by atomic mass is 16.5. The Morgan fingerprint density at radius 3 is 2.48 bits per heavy atom. The Labute approximate surface area is 162 Å². The van der Waals surface area contributed by atoms with E-state index in [0.29, 0.717) is 6.54 Å². The minimum Gasteiger partial charge on any atom is -0.491 e. The molecule has 148 valence electrons. The number of ether oxygens (including phenoxy) is 2. The predicted octanol–water partition coefficient (Wildman–Crippen LogP) is 2.68. The molecule has 0 saturated heterocycles. The average molecular weight is 373 g/mol. The topological polar surface area (TPSA) is 54.0 Å². The van der Waals surface area contributed by atoms with Gasteiger partial charge in [0, 0.05) is 33.4 Å². The van der Waals surface area contributed by atoms with E-state index in [2.05, 4.69) is 22.3 Å². The van der Waals surface area contributed by atoms with Gasteiger partial charge in [-0.3, -0.25) is 4.90 Å². The van der Waals surface area contributed by atoms with Crippen molar-refractivity contribution in [3.05, 3.63) is 65.7 Å². The van der Waals surface area contributed by atoms with E-state index >= 15 is 0 Å². The fourth-order valence-electron chi connectivity index (χ4n) is 2.84. The van der Waals surface area contributed by atoms with Gasteiger partial charge in [-0.2, -0.15) is 0 Å². The Morgan fingerprint density at radius 1 is 1.04 bits per heavy atom. The molecule has 2 rings (SSSR count). The molecule has 0 amide bonds. The maximum absolute atomic E-state index is 10.2. The van der Waals surface area contributed by atoms with Crippen molar-refractivity contribution >= 4 is 0 Å². The van der Waals surface area contributed by atoms with Crippen molar-refractivity contribution in [1.29, 1.82) is 0 Å². The van der Waals surface area contributed by atoms with Gasteiger partial charge in [0.25, 0.3) is 0 Å². The molecular formula is C22H32N2O3. The summed E-state index contributed by atoms with van der Waals surface area (Å²) in [5, 5.41) is 13.6. The molecule has 0 aliphatic carbocycles. The lowest BCUT2D eigenvalue weighted by Crippen LogP contribution is -2.32. The largest absolute Gasteiger partial charge is 0.491 e. The molecule has 0 aliphatic rings. The number of methoxy groups -OCH3 is 1. The summed E-state index contributed by atoms with van der Waals surface area (Å²) < 4.78 is 10.7. The molecule has 0 heterocycles. The first-order valence-electron chi connectivity index (χ1n) is 9.49. The van der Waals surface area contributed by atoms with Crippen LogP contribution in [0.25, 0.3) is 0 Å². The summed E-state index contributed by atoms with van der Waals surface area (Å²) in [7, 11) is 3.72. The number of nitrogens with zero attached hydrogens (tertiary/aromatic N) is 1. The van der Waals surface area contributed by atoms with Crippen molar-refractivity contribution in [2.45, 2.75) is 25.6 Å². The summed E-state index contributed by atoms with van der Waals surface area (Å²) in [6.07, 6.45) is 0.481. The van der Waals surface area contributed by atoms with Gasteiger partial charge in [-0.15, -0.1) is 0 Å². The monoisotopic (exact) mass is 372 g/mol. The highest BCUT2D eigenvalue weighted by molar-refractivity contribution is 5.27. The van der Waals surface area contributed by atoms with Crippen molar-refractivity contribution in [2.75, 3.05) is 40.5 Å². The van der Waals surface area contributed by atoms with Crippen LogP contribution in [0.5, 0.6) is 5.75 Å². The number of aliphatic hydroxyl groups excluding tert-OH is 1. The second kappa shape index (κ2) is 12.5. The van der Waals surface area contributed by atoms with Gasteiger partial charge >= 0.3 is 0 Å². The van der Waals surface area contributed by atoms with Gasteiger partial charge in [0.15, 0.2) is 0 Å². The van der Waals surface area contributed by atoms with Crippen LogP contribution in [-0.4, -0.2) is 56.6 Å². The zero-order valence-corrected chi connectivity index (χ0v) is 16.4. The zero-order chi connectivity index (χ0) is 19.3. The first-order valence-corrected chi connectivity index (χ1v) is 9.49. The Hall–Kier alpha value is -1.92. The van der Waals surface area contributed by atoms with E-state index in [1.54, 1.807) is 7.11 Å². The molecule has 0 unspecified atom stereocenters. The minimum absolute atomic E-state index is 0.285. The van der Waals surface area contributed by atoms with Gasteiger partial charge in [0.05, 0.1) is 0 Å². The lowest BCUT2D eigenvalue weighted by atomic mass is 10.2. The number of benzene rings is 2. The summed E-state index contributed by atoms with van der Waals surface area (Å²) in [6, 6.07) is 18.2. The molecule has 5 heteroatoms. The SMILES string of the molecule is COCCCNCc1ccc(OC[C@H](O)CN(C)Cc2ccccc2)cc1. The van der Waals surface area contributed by atoms with E-state index in [-0.39, 0.29) is 6.61 Å². The fraction of sp³-hybridized carbons (Fsp3) is 0.455. The van der Waals surface area contributed by atoms with Gasteiger partial charge < -0.3 is 19.9 Å². The molecule has 0 spiro atoms. The number of nitrogens with one attached hydrogen (secondary N) is 1. The highest BCUT2D eigenvalue weighted by Crippen LogP contribution is 2.13. The van der Waals surface area contributed by atoms with Crippen molar-refractivity contribution in [2.24, 2.45) is 0 Å². The van der Waals surface area contributed by atoms with E-state index < -0.39 is 6.10 Å². The zero-order valence-electron chi connectivity index (χ0n) is 16.4. The molecule has 0 aromatic heterocycles. The van der Waals surface area contributed by atoms with E-state index in [9.17, 15) is 5.11 Å². The first kappa shape index (κ1) is 21.4. The Bertz CT molecular complexity index is 619. The normalized spacial score (nSPS) is 12.3. The van der Waals surface area contributed by atoms with Crippen LogP contribution in [0.15, 0.2) is 54.6 Å². The predicted molar refractivity (Wildman–Crippen MR) is 109 cm³/mol. The van der Waals surface area contributed by atoms with Crippen LogP contribution in [-0.2, 0) is 17.8 Å².